The zero-order valence-electron chi connectivity index (χ0n) is 47.8. The van der Waals surface area contributed by atoms with Crippen LogP contribution in [-0.4, -0.2) is 167 Å². The average Bonchev–Trinajstić information content (AvgIpc) is 1.81. The van der Waals surface area contributed by atoms with Crippen LogP contribution in [0.2, 0.25) is 0 Å². The Kier molecular flexibility index (Phi) is 20.2. The molecule has 0 aliphatic carbocycles. The molecule has 0 radical (unpaired) electrons. The molecule has 444 valence electrons. The molecule has 6 N–H and O–H groups in total. The number of nitrogens with one attached hydrogen (secondary N) is 5. The maximum Gasteiger partial charge on any atom is 0.407 e. The fourth-order valence-corrected chi connectivity index (χ4v) is 10.1. The third-order valence-corrected chi connectivity index (χ3v) is 14.6. The van der Waals surface area contributed by atoms with Gasteiger partial charge >= 0.3 is 12.2 Å². The number of alkyl halides is 2. The van der Waals surface area contributed by atoms with Gasteiger partial charge in [-0.05, 0) is 65.5 Å². The van der Waals surface area contributed by atoms with Crippen molar-refractivity contribution >= 4 is 35.9 Å². The van der Waals surface area contributed by atoms with Crippen LogP contribution in [0.15, 0.2) is 61.1 Å². The van der Waals surface area contributed by atoms with Crippen molar-refractivity contribution < 1.29 is 60.9 Å². The lowest BCUT2D eigenvalue weighted by Gasteiger charge is -2.60. The van der Waals surface area contributed by atoms with Crippen LogP contribution in [0.3, 0.4) is 0 Å². The number of carbonyl (C=O) groups excluding carboxylic acids is 5. The molecule has 0 saturated carbocycles. The summed E-state index contributed by atoms with van der Waals surface area (Å²) in [6, 6.07) is 6.60. The predicted octanol–water partition coefficient (Wildman–Crippen LogP) is 4.55. The molecule has 6 heterocycles. The van der Waals surface area contributed by atoms with E-state index in [1.165, 1.54) is 12.3 Å². The van der Waals surface area contributed by atoms with Crippen molar-refractivity contribution in [1.82, 2.24) is 56.4 Å². The topological polar surface area (TPSA) is 247 Å². The van der Waals surface area contributed by atoms with E-state index in [4.69, 9.17) is 14.2 Å². The van der Waals surface area contributed by atoms with Crippen molar-refractivity contribution in [2.45, 2.75) is 136 Å². The lowest BCUT2D eigenvalue weighted by molar-refractivity contribution is -0.142. The Morgan fingerprint density at radius 3 is 1.93 bits per heavy atom. The number of fused-ring (bicyclic) bond motifs is 2. The number of hydrazine groups is 1. The molecule has 25 heteroatoms. The summed E-state index contributed by atoms with van der Waals surface area (Å²) in [6.45, 7) is 14.6. The number of hydrogen-bond acceptors (Lipinski definition) is 15. The third-order valence-electron chi connectivity index (χ3n) is 14.6. The van der Waals surface area contributed by atoms with Gasteiger partial charge in [-0.1, -0.05) is 79.4 Å². The Morgan fingerprint density at radius 2 is 1.38 bits per heavy atom. The minimum absolute atomic E-state index is 0.00589. The number of aliphatic hydroxyl groups excluding tert-OH is 1. The number of rotatable bonds is 21. The normalized spacial score (nSPS) is 18.2. The summed E-state index contributed by atoms with van der Waals surface area (Å²) in [4.78, 5) is 81.5. The number of hydrogen-bond donors (Lipinski definition) is 6. The Labute approximate surface area is 474 Å². The number of halogens is 4. The van der Waals surface area contributed by atoms with Crippen LogP contribution in [0.1, 0.15) is 84.1 Å². The number of anilines is 1. The minimum Gasteiger partial charge on any atom is -0.453 e. The molecule has 2 bridgehead atoms. The van der Waals surface area contributed by atoms with Gasteiger partial charge in [-0.25, -0.2) is 42.1 Å². The second-order valence-corrected chi connectivity index (χ2v) is 23.4. The molecule has 7 atom stereocenters. The summed E-state index contributed by atoms with van der Waals surface area (Å²) >= 11 is 0. The van der Waals surface area contributed by atoms with Crippen LogP contribution < -0.4 is 31.6 Å². The molecule has 5 amide bonds. The largest absolute Gasteiger partial charge is 0.453 e. The standard InChI is InChI=1S/C57H74F4N12O9/c1-32(2)47(65-54(78)80-9)50(75)66-48(56(3,4)5)51(76)64-44(19-34-14-11-33(12-15-34)13-16-35-23-62-53(63-24-35)70-25-37-22-38(26-70)73(37)39-30-82-31-39)45(74)28-72(69-52(77)49(57(6,7)8)67-55(79)81-10)27-40-41(58)20-36(21-42(40)59)43-17-18-71(68-43)29-46(60)61/h11-12,14-15,17-18,20-21,23-24,32,37-39,44-49,74H,19,22,25-31H2,1-10H3,(H,64,76)(H,65,78)(H,66,75)(H,67,79)(H,69,77)/t37?,38?,44-,45-,47-,48+,49+/m0/s1. The quantitative estimate of drug-likeness (QED) is 0.0381. The van der Waals surface area contributed by atoms with E-state index in [-0.39, 0.29) is 17.7 Å². The number of piperidine rings is 1. The molecule has 4 fully saturated rings. The van der Waals surface area contributed by atoms with E-state index >= 15 is 8.78 Å². The number of piperazine rings is 1. The first-order valence-corrected chi connectivity index (χ1v) is 27.1. The van der Waals surface area contributed by atoms with E-state index in [0.717, 1.165) is 68.8 Å². The SMILES string of the molecule is COC(=O)N[C@H](C(=O)N[C@H](C(=O)N[C@@H](Cc1ccc(C#Cc2cnc(N3CC4CC(C3)N4C3COC3)nc2)cc1)[C@@H](O)CN(Cc1c(F)cc(-c2ccn(CC(F)F)n2)cc1F)NC(=O)[C@@H](NC(=O)OC)C(C)(C)C)C(C)(C)C)C(C)C. The van der Waals surface area contributed by atoms with E-state index in [0.29, 0.717) is 40.8 Å². The van der Waals surface area contributed by atoms with Gasteiger partial charge in [-0.2, -0.15) is 5.10 Å². The summed E-state index contributed by atoms with van der Waals surface area (Å²) in [5, 5.41) is 28.1. The average molecular weight is 1150 g/mol. The summed E-state index contributed by atoms with van der Waals surface area (Å²) in [7, 11) is 2.25. The number of alkyl carbamates (subject to hydrolysis) is 2. The van der Waals surface area contributed by atoms with Gasteiger partial charge in [0, 0.05) is 73.5 Å². The van der Waals surface area contributed by atoms with Gasteiger partial charge < -0.3 is 45.5 Å². The molecule has 2 aromatic heterocycles. The molecular formula is C57H74F4N12O9. The molecule has 2 unspecified atom stereocenters. The third kappa shape index (κ3) is 16.0. The van der Waals surface area contributed by atoms with Crippen LogP contribution in [-0.2, 0) is 48.1 Å². The van der Waals surface area contributed by atoms with E-state index < -0.39 is 120 Å². The number of aliphatic hydroxyl groups is 1. The van der Waals surface area contributed by atoms with Crippen LogP contribution in [0, 0.1) is 40.2 Å². The van der Waals surface area contributed by atoms with Gasteiger partial charge in [-0.3, -0.25) is 29.4 Å². The molecule has 4 aliphatic heterocycles. The number of nitrogens with zero attached hydrogens (tertiary/aromatic N) is 7. The van der Waals surface area contributed by atoms with E-state index in [1.54, 1.807) is 92.0 Å². The molecule has 21 nitrogen and oxygen atoms in total. The first-order chi connectivity index (χ1) is 38.7. The molecule has 8 rings (SSSR count). The highest BCUT2D eigenvalue weighted by Crippen LogP contribution is 2.37. The summed E-state index contributed by atoms with van der Waals surface area (Å²) in [5.74, 6) is 1.88. The summed E-state index contributed by atoms with van der Waals surface area (Å²) in [6.07, 6.45) is -0.557. The highest BCUT2D eigenvalue weighted by atomic mass is 19.3. The first kappa shape index (κ1) is 62.2. The van der Waals surface area contributed by atoms with Gasteiger partial charge in [0.05, 0.1) is 56.9 Å². The molecule has 2 aromatic carbocycles. The molecule has 4 saturated heterocycles. The van der Waals surface area contributed by atoms with Crippen LogP contribution in [0.25, 0.3) is 11.3 Å². The molecule has 4 aliphatic rings. The zero-order valence-corrected chi connectivity index (χ0v) is 47.8. The summed E-state index contributed by atoms with van der Waals surface area (Å²) in [5.41, 5.74) is 1.79. The first-order valence-electron chi connectivity index (χ1n) is 27.1. The highest BCUT2D eigenvalue weighted by Gasteiger charge is 2.50. The van der Waals surface area contributed by atoms with Gasteiger partial charge in [0.2, 0.25) is 17.8 Å². The van der Waals surface area contributed by atoms with Crippen LogP contribution in [0.5, 0.6) is 0 Å². The molecule has 82 heavy (non-hydrogen) atoms. The minimum atomic E-state index is -2.74. The fourth-order valence-electron chi connectivity index (χ4n) is 10.1. The monoisotopic (exact) mass is 1150 g/mol. The van der Waals surface area contributed by atoms with E-state index in [9.17, 15) is 37.9 Å². The highest BCUT2D eigenvalue weighted by molar-refractivity contribution is 5.92. The second kappa shape index (κ2) is 26.7. The zero-order chi connectivity index (χ0) is 59.8. The van der Waals surface area contributed by atoms with E-state index in [2.05, 4.69) is 63.4 Å². The van der Waals surface area contributed by atoms with Gasteiger partial charge in [-0.15, -0.1) is 0 Å². The Hall–Kier alpha value is -7.40. The number of carbonyl (C=O) groups is 5. The molecule has 4 aromatic rings. The fraction of sp³-hybridized carbons (Fsp3) is 0.544. The van der Waals surface area contributed by atoms with Crippen molar-refractivity contribution in [2.75, 3.05) is 52.0 Å². The van der Waals surface area contributed by atoms with Crippen molar-refractivity contribution in [3.8, 4) is 23.1 Å². The Balaban J connectivity index is 1.16. The van der Waals surface area contributed by atoms with E-state index in [1.807, 2.05) is 0 Å². The van der Waals surface area contributed by atoms with Gasteiger partial charge in [0.1, 0.15) is 36.3 Å². The Morgan fingerprint density at radius 1 is 0.793 bits per heavy atom. The number of ether oxygens (including phenoxy) is 3. The van der Waals surface area contributed by atoms with Crippen molar-refractivity contribution in [2.24, 2.45) is 16.7 Å². The Bertz CT molecular complexity index is 2920. The van der Waals surface area contributed by atoms with Gasteiger partial charge in [0.15, 0.2) is 0 Å². The van der Waals surface area contributed by atoms with Crippen molar-refractivity contribution in [3.05, 3.63) is 94.9 Å². The smallest absolute Gasteiger partial charge is 0.407 e. The number of benzene rings is 2. The lowest BCUT2D eigenvalue weighted by atomic mass is 9.85. The van der Waals surface area contributed by atoms with Gasteiger partial charge in [0.25, 0.3) is 12.3 Å². The second-order valence-electron chi connectivity index (χ2n) is 23.4. The number of methoxy groups -OCH3 is 2. The van der Waals surface area contributed by atoms with Crippen LogP contribution >= 0.6 is 0 Å². The molecular weight excluding hydrogens is 1070 g/mol. The number of amides is 5. The summed E-state index contributed by atoms with van der Waals surface area (Å²) < 4.78 is 74.6. The predicted molar refractivity (Wildman–Crippen MR) is 293 cm³/mol. The van der Waals surface area contributed by atoms with Crippen LogP contribution in [0.4, 0.5) is 33.1 Å². The lowest BCUT2D eigenvalue weighted by Crippen LogP contribution is -2.74. The maximum atomic E-state index is 16.2. The maximum absolute atomic E-state index is 16.2. The van der Waals surface area contributed by atoms with Crippen molar-refractivity contribution in [3.63, 3.8) is 0 Å². The van der Waals surface area contributed by atoms with Crippen molar-refractivity contribution in [1.29, 1.82) is 0 Å². The molecule has 0 spiro atoms. The number of aromatic nitrogens is 4.